The number of hydrogen-bond acceptors (Lipinski definition) is 4. The van der Waals surface area contributed by atoms with Crippen LogP contribution in [0.25, 0.3) is 0 Å². The number of nitrogens with zero attached hydrogens (tertiary/aromatic N) is 2. The van der Waals surface area contributed by atoms with Crippen LogP contribution in [0.15, 0.2) is 12.1 Å². The molecule has 1 radical (unpaired) electrons. The minimum atomic E-state index is -0.630. The first-order chi connectivity index (χ1) is 6.19. The van der Waals surface area contributed by atoms with Crippen molar-refractivity contribution in [1.82, 2.24) is 0 Å². The summed E-state index contributed by atoms with van der Waals surface area (Å²) in [5.74, 6) is 0.308. The summed E-state index contributed by atoms with van der Waals surface area (Å²) in [5, 5.41) is 18.9. The van der Waals surface area contributed by atoms with Gasteiger partial charge in [-0.15, -0.1) is 0 Å². The molecule has 0 aliphatic carbocycles. The van der Waals surface area contributed by atoms with Crippen LogP contribution in [-0.2, 0) is 0 Å². The first-order valence-corrected chi connectivity index (χ1v) is 3.34. The summed E-state index contributed by atoms with van der Waals surface area (Å²) in [7, 11) is 1.40. The van der Waals surface area contributed by atoms with Crippen molar-refractivity contribution in [2.45, 2.75) is 0 Å². The number of benzene rings is 1. The van der Waals surface area contributed by atoms with Crippen LogP contribution in [0.3, 0.4) is 0 Å². The molecule has 0 aliphatic rings. The molecule has 13 heavy (non-hydrogen) atoms. The van der Waals surface area contributed by atoms with Crippen LogP contribution in [0, 0.1) is 27.5 Å². The van der Waals surface area contributed by atoms with E-state index in [4.69, 9.17) is 10.00 Å². The minimum Gasteiger partial charge on any atom is -0.496 e. The van der Waals surface area contributed by atoms with Gasteiger partial charge < -0.3 is 4.74 Å². The molecule has 0 saturated carbocycles. The molecule has 0 aromatic heterocycles. The van der Waals surface area contributed by atoms with Crippen LogP contribution < -0.4 is 4.74 Å². The van der Waals surface area contributed by atoms with Crippen LogP contribution in [0.4, 0.5) is 5.69 Å². The van der Waals surface area contributed by atoms with Gasteiger partial charge >= 0.3 is 0 Å². The zero-order chi connectivity index (χ0) is 9.84. The third kappa shape index (κ3) is 1.73. The Hall–Kier alpha value is -2.09. The Balaban J connectivity index is 3.26. The Kier molecular flexibility index (Phi) is 2.45. The predicted octanol–water partition coefficient (Wildman–Crippen LogP) is 1.28. The monoisotopic (exact) mass is 177 g/mol. The topological polar surface area (TPSA) is 76.2 Å². The van der Waals surface area contributed by atoms with Crippen molar-refractivity contribution in [2.75, 3.05) is 7.11 Å². The summed E-state index contributed by atoms with van der Waals surface area (Å²) in [6, 6.07) is 6.75. The van der Waals surface area contributed by atoms with Crippen molar-refractivity contribution < 1.29 is 9.66 Å². The highest BCUT2D eigenvalue weighted by atomic mass is 16.6. The molecule has 65 valence electrons. The van der Waals surface area contributed by atoms with Crippen molar-refractivity contribution in [3.8, 4) is 11.8 Å². The average molecular weight is 177 g/mol. The van der Waals surface area contributed by atoms with Gasteiger partial charge in [0.05, 0.1) is 18.1 Å². The Labute approximate surface area is 74.3 Å². The Morgan fingerprint density at radius 1 is 1.69 bits per heavy atom. The molecule has 0 bridgehead atoms. The normalized spacial score (nSPS) is 8.92. The largest absolute Gasteiger partial charge is 0.496 e. The van der Waals surface area contributed by atoms with E-state index < -0.39 is 4.92 Å². The summed E-state index contributed by atoms with van der Waals surface area (Å²) < 4.78 is 4.76. The van der Waals surface area contributed by atoms with Crippen molar-refractivity contribution in [3.05, 3.63) is 33.9 Å². The number of ether oxygens (including phenoxy) is 1. The SMILES string of the molecule is COc1[c]c(C#N)c([N+](=O)[O-])cc1. The quantitative estimate of drug-likeness (QED) is 0.503. The van der Waals surface area contributed by atoms with Gasteiger partial charge in [-0.05, 0) is 6.07 Å². The van der Waals surface area contributed by atoms with Crippen LogP contribution >= 0.6 is 0 Å². The lowest BCUT2D eigenvalue weighted by molar-refractivity contribution is -0.385. The highest BCUT2D eigenvalue weighted by Crippen LogP contribution is 2.21. The van der Waals surface area contributed by atoms with E-state index in [1.54, 1.807) is 6.07 Å². The molecule has 0 spiro atoms. The molecule has 0 atom stereocenters. The highest BCUT2D eigenvalue weighted by Gasteiger charge is 2.13. The standard InChI is InChI=1S/C8H5N2O3/c1-13-7-2-3-8(10(11)12)6(4-7)5-9/h2-3H,1H3. The lowest BCUT2D eigenvalue weighted by Gasteiger charge is -1.98. The number of rotatable bonds is 2. The fourth-order valence-electron chi connectivity index (χ4n) is 0.823. The van der Waals surface area contributed by atoms with Gasteiger partial charge in [-0.1, -0.05) is 0 Å². The van der Waals surface area contributed by atoms with Gasteiger partial charge in [-0.3, -0.25) is 10.1 Å². The van der Waals surface area contributed by atoms with Gasteiger partial charge in [0.1, 0.15) is 17.4 Å². The van der Waals surface area contributed by atoms with Gasteiger partial charge in [-0.25, -0.2) is 0 Å². The first kappa shape index (κ1) is 9.00. The fourth-order valence-corrected chi connectivity index (χ4v) is 0.823. The van der Waals surface area contributed by atoms with E-state index in [2.05, 4.69) is 6.07 Å². The van der Waals surface area contributed by atoms with Crippen LogP contribution in [0.1, 0.15) is 5.56 Å². The second-order valence-corrected chi connectivity index (χ2v) is 2.16. The molecule has 0 heterocycles. The highest BCUT2D eigenvalue weighted by molar-refractivity contribution is 5.51. The van der Waals surface area contributed by atoms with Crippen LogP contribution in [0.2, 0.25) is 0 Å². The third-order valence-electron chi connectivity index (χ3n) is 1.43. The zero-order valence-electron chi connectivity index (χ0n) is 6.77. The number of nitro benzene ring substituents is 1. The number of nitro groups is 1. The number of methoxy groups -OCH3 is 1. The summed E-state index contributed by atoms with van der Waals surface area (Å²) in [5.41, 5.74) is -0.382. The Morgan fingerprint density at radius 3 is 2.85 bits per heavy atom. The smallest absolute Gasteiger partial charge is 0.287 e. The van der Waals surface area contributed by atoms with Gasteiger partial charge in [0.2, 0.25) is 0 Å². The fraction of sp³-hybridized carbons (Fsp3) is 0.125. The zero-order valence-corrected chi connectivity index (χ0v) is 6.77. The van der Waals surface area contributed by atoms with E-state index in [1.165, 1.54) is 19.2 Å². The molecular weight excluding hydrogens is 172 g/mol. The molecule has 5 nitrogen and oxygen atoms in total. The molecule has 0 unspecified atom stereocenters. The van der Waals surface area contributed by atoms with E-state index >= 15 is 0 Å². The molecule has 1 rings (SSSR count). The molecule has 0 saturated heterocycles. The lowest BCUT2D eigenvalue weighted by Crippen LogP contribution is -1.93. The number of nitriles is 1. The van der Waals surface area contributed by atoms with Crippen molar-refractivity contribution >= 4 is 5.69 Å². The summed E-state index contributed by atoms with van der Waals surface area (Å²) >= 11 is 0. The second kappa shape index (κ2) is 3.54. The molecular formula is C8H5N2O3. The summed E-state index contributed by atoms with van der Waals surface area (Å²) in [4.78, 5) is 9.74. The molecule has 0 fully saturated rings. The van der Waals surface area contributed by atoms with Crippen molar-refractivity contribution in [2.24, 2.45) is 0 Å². The van der Waals surface area contributed by atoms with Gasteiger partial charge in [0.25, 0.3) is 5.69 Å². The predicted molar refractivity (Wildman–Crippen MR) is 43.2 cm³/mol. The van der Waals surface area contributed by atoms with Crippen LogP contribution in [-0.4, -0.2) is 12.0 Å². The van der Waals surface area contributed by atoms with Crippen LogP contribution in [0.5, 0.6) is 5.75 Å². The molecule has 1 aromatic carbocycles. The van der Waals surface area contributed by atoms with Gasteiger partial charge in [0, 0.05) is 6.07 Å². The van der Waals surface area contributed by atoms with E-state index in [1.807, 2.05) is 0 Å². The molecule has 5 heteroatoms. The van der Waals surface area contributed by atoms with E-state index in [0.29, 0.717) is 5.75 Å². The number of hydrogen-bond donors (Lipinski definition) is 0. The van der Waals surface area contributed by atoms with Crippen molar-refractivity contribution in [1.29, 1.82) is 5.26 Å². The maximum absolute atomic E-state index is 10.4. The Morgan fingerprint density at radius 2 is 2.38 bits per heavy atom. The van der Waals surface area contributed by atoms with Gasteiger partial charge in [-0.2, -0.15) is 5.26 Å². The molecule has 0 N–H and O–H groups in total. The second-order valence-electron chi connectivity index (χ2n) is 2.16. The average Bonchev–Trinajstić information content (AvgIpc) is 2.16. The molecule has 0 amide bonds. The first-order valence-electron chi connectivity index (χ1n) is 3.34. The van der Waals surface area contributed by atoms with E-state index in [9.17, 15) is 10.1 Å². The minimum absolute atomic E-state index is 0.121. The third-order valence-corrected chi connectivity index (χ3v) is 1.43. The van der Waals surface area contributed by atoms with Crippen molar-refractivity contribution in [3.63, 3.8) is 0 Å². The summed E-state index contributed by atoms with van der Waals surface area (Å²) in [6.45, 7) is 0. The van der Waals surface area contributed by atoms with E-state index in [0.717, 1.165) is 0 Å². The maximum Gasteiger partial charge on any atom is 0.287 e. The van der Waals surface area contributed by atoms with E-state index in [-0.39, 0.29) is 11.3 Å². The molecule has 0 aliphatic heterocycles. The molecule has 1 aromatic rings. The lowest BCUT2D eigenvalue weighted by atomic mass is 10.2. The van der Waals surface area contributed by atoms with Gasteiger partial charge in [0.15, 0.2) is 0 Å². The maximum atomic E-state index is 10.4. The Bertz CT molecular complexity index is 381. The summed E-state index contributed by atoms with van der Waals surface area (Å²) in [6.07, 6.45) is 0.